The first-order chi connectivity index (χ1) is 8.82. The Kier molecular flexibility index (Phi) is 3.95. The summed E-state index contributed by atoms with van der Waals surface area (Å²) >= 11 is 11.7. The number of amides is 2. The van der Waals surface area contributed by atoms with Crippen molar-refractivity contribution in [2.75, 3.05) is 18.4 Å². The number of hydrogen-bond acceptors (Lipinski definition) is 2. The van der Waals surface area contributed by atoms with Crippen LogP contribution < -0.4 is 5.32 Å². The van der Waals surface area contributed by atoms with Crippen LogP contribution in [0, 0.1) is 5.92 Å². The SMILES string of the molecule is CC(C)C1(O)CN(C(=O)Nc2ccc(Cl)c(Cl)c2)C1. The second kappa shape index (κ2) is 5.19. The van der Waals surface area contributed by atoms with Gasteiger partial charge in [-0.2, -0.15) is 0 Å². The maximum absolute atomic E-state index is 11.9. The van der Waals surface area contributed by atoms with Gasteiger partial charge in [0.25, 0.3) is 0 Å². The average molecular weight is 303 g/mol. The van der Waals surface area contributed by atoms with Crippen molar-refractivity contribution in [2.45, 2.75) is 19.4 Å². The van der Waals surface area contributed by atoms with Gasteiger partial charge in [-0.1, -0.05) is 37.0 Å². The second-order valence-corrected chi connectivity index (χ2v) is 5.99. The highest BCUT2D eigenvalue weighted by atomic mass is 35.5. The molecule has 2 N–H and O–H groups in total. The highest BCUT2D eigenvalue weighted by Gasteiger charge is 2.45. The van der Waals surface area contributed by atoms with Crippen LogP contribution in [0.3, 0.4) is 0 Å². The number of β-amino-alcohol motifs (C(OH)–C–C–N with tert-alkyl or cyclic N) is 1. The van der Waals surface area contributed by atoms with Crippen molar-refractivity contribution in [1.82, 2.24) is 4.90 Å². The van der Waals surface area contributed by atoms with Crippen molar-refractivity contribution < 1.29 is 9.90 Å². The van der Waals surface area contributed by atoms with E-state index in [1.165, 1.54) is 0 Å². The molecule has 0 aliphatic carbocycles. The van der Waals surface area contributed by atoms with E-state index in [9.17, 15) is 9.90 Å². The number of likely N-dealkylation sites (tertiary alicyclic amines) is 1. The number of nitrogens with one attached hydrogen (secondary N) is 1. The number of nitrogens with zero attached hydrogens (tertiary/aromatic N) is 1. The van der Waals surface area contributed by atoms with Gasteiger partial charge in [-0.05, 0) is 24.1 Å². The van der Waals surface area contributed by atoms with Crippen molar-refractivity contribution in [3.8, 4) is 0 Å². The summed E-state index contributed by atoms with van der Waals surface area (Å²) in [7, 11) is 0. The summed E-state index contributed by atoms with van der Waals surface area (Å²) in [6.45, 7) is 4.57. The van der Waals surface area contributed by atoms with Gasteiger partial charge >= 0.3 is 6.03 Å². The summed E-state index contributed by atoms with van der Waals surface area (Å²) < 4.78 is 0. The Balaban J connectivity index is 1.94. The summed E-state index contributed by atoms with van der Waals surface area (Å²) in [5.41, 5.74) is -0.186. The van der Waals surface area contributed by atoms with Crippen molar-refractivity contribution in [1.29, 1.82) is 0 Å². The monoisotopic (exact) mass is 302 g/mol. The fourth-order valence-corrected chi connectivity index (χ4v) is 2.20. The summed E-state index contributed by atoms with van der Waals surface area (Å²) in [5, 5.41) is 13.6. The molecule has 4 nitrogen and oxygen atoms in total. The van der Waals surface area contributed by atoms with Gasteiger partial charge in [0, 0.05) is 5.69 Å². The zero-order valence-corrected chi connectivity index (χ0v) is 12.3. The van der Waals surface area contributed by atoms with Gasteiger partial charge in [-0.15, -0.1) is 0 Å². The van der Waals surface area contributed by atoms with Crippen LogP contribution >= 0.6 is 23.2 Å². The minimum absolute atomic E-state index is 0.126. The Morgan fingerprint density at radius 1 is 1.37 bits per heavy atom. The normalized spacial score (nSPS) is 17.3. The number of carbonyl (C=O) groups excluding carboxylic acids is 1. The Labute approximate surface area is 122 Å². The molecule has 1 aromatic rings. The molecule has 1 saturated heterocycles. The van der Waals surface area contributed by atoms with Gasteiger partial charge in [0.15, 0.2) is 0 Å². The molecule has 6 heteroatoms. The Morgan fingerprint density at radius 2 is 2.00 bits per heavy atom. The molecular formula is C13H16Cl2N2O2. The van der Waals surface area contributed by atoms with Crippen LogP contribution in [0.25, 0.3) is 0 Å². The largest absolute Gasteiger partial charge is 0.386 e. The quantitative estimate of drug-likeness (QED) is 0.881. The van der Waals surface area contributed by atoms with E-state index in [-0.39, 0.29) is 11.9 Å². The molecule has 104 valence electrons. The van der Waals surface area contributed by atoms with Crippen molar-refractivity contribution >= 4 is 34.9 Å². The van der Waals surface area contributed by atoms with E-state index in [0.717, 1.165) is 0 Å². The number of aliphatic hydroxyl groups is 1. The molecule has 1 aromatic carbocycles. The van der Waals surface area contributed by atoms with E-state index in [1.54, 1.807) is 23.1 Å². The van der Waals surface area contributed by atoms with Crippen molar-refractivity contribution in [3.05, 3.63) is 28.2 Å². The predicted octanol–water partition coefficient (Wildman–Crippen LogP) is 3.23. The van der Waals surface area contributed by atoms with Gasteiger partial charge in [-0.3, -0.25) is 0 Å². The van der Waals surface area contributed by atoms with Crippen LogP contribution in [-0.4, -0.2) is 34.7 Å². The molecule has 2 amide bonds. The molecule has 0 radical (unpaired) electrons. The van der Waals surface area contributed by atoms with Gasteiger partial charge in [0.2, 0.25) is 0 Å². The molecule has 19 heavy (non-hydrogen) atoms. The lowest BCUT2D eigenvalue weighted by Crippen LogP contribution is -2.66. The lowest BCUT2D eigenvalue weighted by Gasteiger charge is -2.48. The number of rotatable bonds is 2. The fraction of sp³-hybridized carbons (Fsp3) is 0.462. The standard InChI is InChI=1S/C13H16Cl2N2O2/c1-8(2)13(19)6-17(7-13)12(18)16-9-3-4-10(14)11(15)5-9/h3-5,8,19H,6-7H2,1-2H3,(H,16,18). The molecule has 1 heterocycles. The first kappa shape index (κ1) is 14.4. The van der Waals surface area contributed by atoms with E-state index >= 15 is 0 Å². The third-order valence-electron chi connectivity index (χ3n) is 3.46. The first-order valence-corrected chi connectivity index (χ1v) is 6.81. The molecule has 0 saturated carbocycles. The van der Waals surface area contributed by atoms with Crippen molar-refractivity contribution in [2.24, 2.45) is 5.92 Å². The number of hydrogen-bond donors (Lipinski definition) is 2. The van der Waals surface area contributed by atoms with E-state index in [4.69, 9.17) is 23.2 Å². The van der Waals surface area contributed by atoms with Gasteiger partial charge in [0.1, 0.15) is 5.60 Å². The molecule has 1 fully saturated rings. The zero-order chi connectivity index (χ0) is 14.2. The van der Waals surface area contributed by atoms with Crippen LogP contribution in [0.15, 0.2) is 18.2 Å². The Morgan fingerprint density at radius 3 is 2.53 bits per heavy atom. The van der Waals surface area contributed by atoms with Gasteiger partial charge in [-0.25, -0.2) is 4.79 Å². The summed E-state index contributed by atoms with van der Waals surface area (Å²) in [5.74, 6) is 0.126. The molecule has 0 unspecified atom stereocenters. The second-order valence-electron chi connectivity index (χ2n) is 5.17. The van der Waals surface area contributed by atoms with Crippen molar-refractivity contribution in [3.63, 3.8) is 0 Å². The van der Waals surface area contributed by atoms with E-state index in [0.29, 0.717) is 28.8 Å². The molecule has 2 rings (SSSR count). The maximum atomic E-state index is 11.9. The van der Waals surface area contributed by atoms with Gasteiger partial charge < -0.3 is 15.3 Å². The minimum Gasteiger partial charge on any atom is -0.386 e. The van der Waals surface area contributed by atoms with Crippen LogP contribution in [0.1, 0.15) is 13.8 Å². The molecule has 0 bridgehead atoms. The van der Waals surface area contributed by atoms with Crippen LogP contribution in [0.5, 0.6) is 0 Å². The van der Waals surface area contributed by atoms with Crippen LogP contribution in [0.4, 0.5) is 10.5 Å². The number of halogens is 2. The molecule has 1 aliphatic heterocycles. The minimum atomic E-state index is -0.769. The lowest BCUT2D eigenvalue weighted by molar-refractivity contribution is -0.105. The third kappa shape index (κ3) is 2.96. The fourth-order valence-electron chi connectivity index (χ4n) is 1.90. The summed E-state index contributed by atoms with van der Waals surface area (Å²) in [6, 6.07) is 4.65. The van der Waals surface area contributed by atoms with Crippen LogP contribution in [-0.2, 0) is 0 Å². The topological polar surface area (TPSA) is 52.6 Å². The predicted molar refractivity (Wildman–Crippen MR) is 76.8 cm³/mol. The molecule has 1 aliphatic rings. The summed E-state index contributed by atoms with van der Waals surface area (Å²) in [6.07, 6.45) is 0. The van der Waals surface area contributed by atoms with Gasteiger partial charge in [0.05, 0.1) is 23.1 Å². The Bertz CT molecular complexity index is 499. The van der Waals surface area contributed by atoms with E-state index in [1.807, 2.05) is 13.8 Å². The maximum Gasteiger partial charge on any atom is 0.322 e. The molecule has 0 atom stereocenters. The highest BCUT2D eigenvalue weighted by Crippen LogP contribution is 2.30. The average Bonchev–Trinajstić information content (AvgIpc) is 2.29. The zero-order valence-electron chi connectivity index (χ0n) is 10.8. The van der Waals surface area contributed by atoms with Crippen LogP contribution in [0.2, 0.25) is 10.0 Å². The lowest BCUT2D eigenvalue weighted by atomic mass is 9.83. The first-order valence-electron chi connectivity index (χ1n) is 6.05. The third-order valence-corrected chi connectivity index (χ3v) is 4.20. The van der Waals surface area contributed by atoms with E-state index in [2.05, 4.69) is 5.32 Å². The Hall–Kier alpha value is -0.970. The number of benzene rings is 1. The number of urea groups is 1. The highest BCUT2D eigenvalue weighted by molar-refractivity contribution is 6.42. The smallest absolute Gasteiger partial charge is 0.322 e. The molecule has 0 spiro atoms. The molecular weight excluding hydrogens is 287 g/mol. The summed E-state index contributed by atoms with van der Waals surface area (Å²) in [4.78, 5) is 13.5. The molecule has 0 aromatic heterocycles. The number of carbonyl (C=O) groups is 1. The van der Waals surface area contributed by atoms with E-state index < -0.39 is 5.60 Å². The number of anilines is 1.